The topological polar surface area (TPSA) is 48.4 Å². The van der Waals surface area contributed by atoms with Gasteiger partial charge in [-0.05, 0) is 117 Å². The first-order chi connectivity index (χ1) is 17.9. The third kappa shape index (κ3) is 7.24. The van der Waals surface area contributed by atoms with Crippen LogP contribution in [-0.4, -0.2) is 16.6 Å². The highest BCUT2D eigenvalue weighted by molar-refractivity contribution is 5.74. The summed E-state index contributed by atoms with van der Waals surface area (Å²) < 4.78 is 12.1. The van der Waals surface area contributed by atoms with Crippen LogP contribution in [0.4, 0.5) is 0 Å². The molecule has 0 N–H and O–H groups in total. The standard InChI is InChI=1S/C34H43NO3/c1-23-17-18-35-29(19-23)22-37-31-16-15-28(33(2,3)4)21-30(31)27-14-11-24-9-8-10-25(12-13-26(24)20-27)32(36)38-34(5,6)7/h11,14-21,25H,8-10,12-13,22H2,1-7H3. The third-order valence-corrected chi connectivity index (χ3v) is 7.21. The van der Waals surface area contributed by atoms with Gasteiger partial charge in [-0.3, -0.25) is 9.78 Å². The van der Waals surface area contributed by atoms with Crippen molar-refractivity contribution in [2.75, 3.05) is 0 Å². The normalized spacial score (nSPS) is 16.2. The number of aryl methyl sites for hydroxylation is 3. The minimum absolute atomic E-state index is 0.0234. The molecule has 0 bridgehead atoms. The van der Waals surface area contributed by atoms with Gasteiger partial charge in [0.25, 0.3) is 0 Å². The number of aromatic nitrogens is 1. The zero-order valence-corrected chi connectivity index (χ0v) is 24.2. The summed E-state index contributed by atoms with van der Waals surface area (Å²) in [7, 11) is 0. The molecule has 1 atom stereocenters. The number of fused-ring (bicyclic) bond motifs is 1. The fraction of sp³-hybridized carbons (Fsp3) is 0.471. The molecule has 0 fully saturated rings. The molecule has 4 rings (SSSR count). The second kappa shape index (κ2) is 11.3. The van der Waals surface area contributed by atoms with E-state index >= 15 is 0 Å². The summed E-state index contributed by atoms with van der Waals surface area (Å²) in [6.45, 7) is 15.0. The van der Waals surface area contributed by atoms with Gasteiger partial charge in [0.1, 0.15) is 18.0 Å². The van der Waals surface area contributed by atoms with Crippen molar-refractivity contribution in [3.8, 4) is 16.9 Å². The molecule has 3 aromatic rings. The summed E-state index contributed by atoms with van der Waals surface area (Å²) in [5.41, 5.74) is 7.89. The van der Waals surface area contributed by atoms with Crippen LogP contribution >= 0.6 is 0 Å². The summed E-state index contributed by atoms with van der Waals surface area (Å²) in [5, 5.41) is 0. The van der Waals surface area contributed by atoms with Crippen molar-refractivity contribution in [2.45, 2.75) is 98.2 Å². The Morgan fingerprint density at radius 1 is 0.921 bits per heavy atom. The molecule has 0 saturated carbocycles. The monoisotopic (exact) mass is 513 g/mol. The molecule has 0 amide bonds. The van der Waals surface area contributed by atoms with Crippen LogP contribution in [0.3, 0.4) is 0 Å². The van der Waals surface area contributed by atoms with E-state index < -0.39 is 5.60 Å². The van der Waals surface area contributed by atoms with Crippen molar-refractivity contribution in [3.05, 3.63) is 82.7 Å². The number of rotatable bonds is 5. The molecule has 1 aliphatic rings. The predicted octanol–water partition coefficient (Wildman–Crippen LogP) is 8.16. The number of pyridine rings is 1. The van der Waals surface area contributed by atoms with Crippen molar-refractivity contribution < 1.29 is 14.3 Å². The first kappa shape index (κ1) is 27.9. The number of benzene rings is 2. The average Bonchev–Trinajstić information content (AvgIpc) is 2.81. The van der Waals surface area contributed by atoms with E-state index in [4.69, 9.17) is 9.47 Å². The Kier molecular flexibility index (Phi) is 8.30. The van der Waals surface area contributed by atoms with Gasteiger partial charge in [-0.15, -0.1) is 0 Å². The maximum absolute atomic E-state index is 12.8. The van der Waals surface area contributed by atoms with Gasteiger partial charge in [0, 0.05) is 11.8 Å². The van der Waals surface area contributed by atoms with Crippen molar-refractivity contribution >= 4 is 5.97 Å². The summed E-state index contributed by atoms with van der Waals surface area (Å²) in [6.07, 6.45) is 6.38. The van der Waals surface area contributed by atoms with Crippen LogP contribution in [0.15, 0.2) is 54.7 Å². The lowest BCUT2D eigenvalue weighted by atomic mass is 9.83. The van der Waals surface area contributed by atoms with Gasteiger partial charge in [0.2, 0.25) is 0 Å². The summed E-state index contributed by atoms with van der Waals surface area (Å²) >= 11 is 0. The molecular weight excluding hydrogens is 470 g/mol. The summed E-state index contributed by atoms with van der Waals surface area (Å²) in [5.74, 6) is 0.755. The first-order valence-corrected chi connectivity index (χ1v) is 13.9. The Hall–Kier alpha value is -3.14. The van der Waals surface area contributed by atoms with E-state index in [2.05, 4.69) is 75.1 Å². The number of hydrogen-bond acceptors (Lipinski definition) is 4. The van der Waals surface area contributed by atoms with Gasteiger partial charge in [0.15, 0.2) is 0 Å². The minimum atomic E-state index is -0.451. The van der Waals surface area contributed by atoms with E-state index in [0.717, 1.165) is 54.7 Å². The maximum atomic E-state index is 12.8. The van der Waals surface area contributed by atoms with Gasteiger partial charge in [-0.25, -0.2) is 0 Å². The van der Waals surface area contributed by atoms with E-state index in [1.54, 1.807) is 0 Å². The number of carbonyl (C=O) groups is 1. The van der Waals surface area contributed by atoms with Crippen LogP contribution < -0.4 is 4.74 Å². The SMILES string of the molecule is Cc1ccnc(COc2ccc(C(C)(C)C)cc2-c2ccc3c(c2)CCC(C(=O)OC(C)(C)C)CCC3)c1. The van der Waals surface area contributed by atoms with E-state index in [0.29, 0.717) is 6.61 Å². The molecule has 38 heavy (non-hydrogen) atoms. The first-order valence-electron chi connectivity index (χ1n) is 13.9. The third-order valence-electron chi connectivity index (χ3n) is 7.21. The zero-order chi connectivity index (χ0) is 27.5. The maximum Gasteiger partial charge on any atom is 0.309 e. The molecular formula is C34H43NO3. The number of ether oxygens (including phenoxy) is 2. The lowest BCUT2D eigenvalue weighted by molar-refractivity contribution is -0.160. The Morgan fingerprint density at radius 3 is 2.42 bits per heavy atom. The van der Waals surface area contributed by atoms with Crippen LogP contribution in [0, 0.1) is 12.8 Å². The Labute approximate surface area is 228 Å². The molecule has 0 radical (unpaired) electrons. The highest BCUT2D eigenvalue weighted by Crippen LogP contribution is 2.37. The van der Waals surface area contributed by atoms with Gasteiger partial charge in [-0.1, -0.05) is 45.0 Å². The fourth-order valence-corrected chi connectivity index (χ4v) is 5.08. The molecule has 1 heterocycles. The smallest absolute Gasteiger partial charge is 0.309 e. The fourth-order valence-electron chi connectivity index (χ4n) is 5.08. The van der Waals surface area contributed by atoms with Crippen molar-refractivity contribution in [1.82, 2.24) is 4.98 Å². The number of hydrogen-bond donors (Lipinski definition) is 0. The second-order valence-electron chi connectivity index (χ2n) is 12.7. The van der Waals surface area contributed by atoms with Gasteiger partial charge >= 0.3 is 5.97 Å². The largest absolute Gasteiger partial charge is 0.487 e. The van der Waals surface area contributed by atoms with E-state index in [9.17, 15) is 4.79 Å². The number of esters is 1. The second-order valence-corrected chi connectivity index (χ2v) is 12.7. The van der Waals surface area contributed by atoms with Crippen molar-refractivity contribution in [1.29, 1.82) is 0 Å². The highest BCUT2D eigenvalue weighted by Gasteiger charge is 2.26. The quantitative estimate of drug-likeness (QED) is 0.323. The number of nitrogens with zero attached hydrogens (tertiary/aromatic N) is 1. The summed E-state index contributed by atoms with van der Waals surface area (Å²) in [6, 6.07) is 17.4. The van der Waals surface area contributed by atoms with Crippen molar-refractivity contribution in [2.24, 2.45) is 5.92 Å². The Balaban J connectivity index is 1.63. The van der Waals surface area contributed by atoms with E-state index in [1.807, 2.05) is 33.0 Å². The van der Waals surface area contributed by atoms with Crippen LogP contribution in [-0.2, 0) is 34.4 Å². The lowest BCUT2D eigenvalue weighted by Crippen LogP contribution is -2.29. The molecule has 202 valence electrons. The Bertz CT molecular complexity index is 1280. The molecule has 2 aromatic carbocycles. The predicted molar refractivity (Wildman–Crippen MR) is 154 cm³/mol. The lowest BCUT2D eigenvalue weighted by Gasteiger charge is -2.26. The molecule has 1 aromatic heterocycles. The van der Waals surface area contributed by atoms with Crippen LogP contribution in [0.1, 0.15) is 88.8 Å². The average molecular weight is 514 g/mol. The molecule has 1 unspecified atom stereocenters. The minimum Gasteiger partial charge on any atom is -0.487 e. The van der Waals surface area contributed by atoms with Crippen LogP contribution in [0.2, 0.25) is 0 Å². The molecule has 0 spiro atoms. The highest BCUT2D eigenvalue weighted by atomic mass is 16.6. The van der Waals surface area contributed by atoms with Gasteiger partial charge in [-0.2, -0.15) is 0 Å². The van der Waals surface area contributed by atoms with Gasteiger partial charge in [0.05, 0.1) is 11.6 Å². The molecule has 4 nitrogen and oxygen atoms in total. The van der Waals surface area contributed by atoms with Crippen molar-refractivity contribution in [3.63, 3.8) is 0 Å². The Morgan fingerprint density at radius 2 is 1.71 bits per heavy atom. The van der Waals surface area contributed by atoms with Crippen LogP contribution in [0.25, 0.3) is 11.1 Å². The van der Waals surface area contributed by atoms with Gasteiger partial charge < -0.3 is 9.47 Å². The molecule has 0 aliphatic heterocycles. The molecule has 0 saturated heterocycles. The molecule has 4 heteroatoms. The van der Waals surface area contributed by atoms with Crippen LogP contribution in [0.5, 0.6) is 5.75 Å². The zero-order valence-electron chi connectivity index (χ0n) is 24.2. The number of carbonyl (C=O) groups excluding carboxylic acids is 1. The van der Waals surface area contributed by atoms with E-state index in [1.165, 1.54) is 22.3 Å². The van der Waals surface area contributed by atoms with E-state index in [-0.39, 0.29) is 17.3 Å². The summed E-state index contributed by atoms with van der Waals surface area (Å²) in [4.78, 5) is 17.3. The molecule has 1 aliphatic carbocycles.